The molecular formula is C30H54. The molecule has 0 radical (unpaired) electrons. The molecule has 4 aliphatic carbocycles. The van der Waals surface area contributed by atoms with Gasteiger partial charge in [-0.1, -0.05) is 116 Å². The van der Waals surface area contributed by atoms with E-state index < -0.39 is 0 Å². The van der Waals surface area contributed by atoms with Gasteiger partial charge < -0.3 is 0 Å². The smallest absolute Gasteiger partial charge is 0.0210 e. The second-order valence-electron chi connectivity index (χ2n) is 12.2. The van der Waals surface area contributed by atoms with Crippen molar-refractivity contribution in [3.8, 4) is 0 Å². The summed E-state index contributed by atoms with van der Waals surface area (Å²) in [5, 5.41) is 0. The van der Waals surface area contributed by atoms with Gasteiger partial charge >= 0.3 is 0 Å². The molecule has 4 saturated carbocycles. The molecule has 0 heterocycles. The van der Waals surface area contributed by atoms with E-state index in [4.69, 9.17) is 0 Å². The van der Waals surface area contributed by atoms with Crippen molar-refractivity contribution >= 4 is 0 Å². The minimum atomic E-state index is 0.712. The number of hydrogen-bond donors (Lipinski definition) is 0. The molecule has 0 amide bonds. The van der Waals surface area contributed by atoms with Gasteiger partial charge in [-0.2, -0.15) is 0 Å². The Balaban J connectivity index is 1.73. The van der Waals surface area contributed by atoms with Crippen LogP contribution >= 0.6 is 0 Å². The summed E-state index contributed by atoms with van der Waals surface area (Å²) in [4.78, 5) is 0. The third-order valence-electron chi connectivity index (χ3n) is 10.8. The van der Waals surface area contributed by atoms with Gasteiger partial charge in [-0.05, 0) is 74.0 Å². The van der Waals surface area contributed by atoms with E-state index in [0.29, 0.717) is 5.41 Å². The highest BCUT2D eigenvalue weighted by atomic mass is 14.6. The molecule has 4 aliphatic rings. The summed E-state index contributed by atoms with van der Waals surface area (Å²) in [7, 11) is 0. The van der Waals surface area contributed by atoms with Crippen molar-refractivity contribution in [1.29, 1.82) is 0 Å². The Bertz CT molecular complexity index is 444. The maximum absolute atomic E-state index is 1.62. The van der Waals surface area contributed by atoms with Crippen molar-refractivity contribution in [2.24, 2.45) is 22.7 Å². The van der Waals surface area contributed by atoms with Gasteiger partial charge in [-0.3, -0.25) is 0 Å². The topological polar surface area (TPSA) is 0 Å². The zero-order valence-corrected chi connectivity index (χ0v) is 20.5. The molecule has 0 N–H and O–H groups in total. The van der Waals surface area contributed by atoms with Gasteiger partial charge in [0.2, 0.25) is 0 Å². The fourth-order valence-electron chi connectivity index (χ4n) is 9.36. The van der Waals surface area contributed by atoms with Crippen LogP contribution in [0.5, 0.6) is 0 Å². The molecule has 4 fully saturated rings. The molecule has 0 atom stereocenters. The van der Waals surface area contributed by atoms with Gasteiger partial charge in [0.1, 0.15) is 0 Å². The van der Waals surface area contributed by atoms with Crippen molar-refractivity contribution in [2.75, 3.05) is 0 Å². The third kappa shape index (κ3) is 5.14. The van der Waals surface area contributed by atoms with Crippen LogP contribution in [0.4, 0.5) is 0 Å². The molecule has 0 heteroatoms. The lowest BCUT2D eigenvalue weighted by molar-refractivity contribution is -0.113. The summed E-state index contributed by atoms with van der Waals surface area (Å²) in [6, 6.07) is 0. The first-order valence-corrected chi connectivity index (χ1v) is 14.9. The molecule has 0 bridgehead atoms. The Labute approximate surface area is 189 Å². The maximum Gasteiger partial charge on any atom is -0.0210 e. The van der Waals surface area contributed by atoms with Crippen LogP contribution in [0.1, 0.15) is 167 Å². The highest BCUT2D eigenvalue weighted by Crippen LogP contribution is 2.66. The highest BCUT2D eigenvalue weighted by Gasteiger charge is 2.56. The summed E-state index contributed by atoms with van der Waals surface area (Å²) in [6.07, 6.45) is 40.6. The van der Waals surface area contributed by atoms with Crippen LogP contribution in [0.3, 0.4) is 0 Å². The van der Waals surface area contributed by atoms with Crippen molar-refractivity contribution in [3.05, 3.63) is 0 Å². The van der Waals surface area contributed by atoms with Gasteiger partial charge in [-0.25, -0.2) is 0 Å². The van der Waals surface area contributed by atoms with Gasteiger partial charge in [0.05, 0.1) is 0 Å². The van der Waals surface area contributed by atoms with Crippen LogP contribution in [0.15, 0.2) is 0 Å². The molecule has 0 aromatic carbocycles. The summed E-state index contributed by atoms with van der Waals surface area (Å²) < 4.78 is 0. The standard InChI is InChI=1S/C30H54/c1-2-5-12-20-27(19-11-4-1)29(23-15-6-3-7-16-24-29)30(25-17-8-9-18-26-30)28-21-13-10-14-22-28/h27-28H,1-26H2. The lowest BCUT2D eigenvalue weighted by Crippen LogP contribution is -2.52. The van der Waals surface area contributed by atoms with Crippen LogP contribution < -0.4 is 0 Å². The third-order valence-corrected chi connectivity index (χ3v) is 10.8. The highest BCUT2D eigenvalue weighted by molar-refractivity contribution is 5.06. The monoisotopic (exact) mass is 414 g/mol. The van der Waals surface area contributed by atoms with Crippen molar-refractivity contribution < 1.29 is 0 Å². The van der Waals surface area contributed by atoms with Crippen molar-refractivity contribution in [1.82, 2.24) is 0 Å². The minimum Gasteiger partial charge on any atom is -0.0533 e. The average molecular weight is 415 g/mol. The Hall–Kier alpha value is 0. The van der Waals surface area contributed by atoms with E-state index in [0.717, 1.165) is 17.3 Å². The van der Waals surface area contributed by atoms with E-state index in [1.807, 2.05) is 0 Å². The predicted molar refractivity (Wildman–Crippen MR) is 132 cm³/mol. The Morgan fingerprint density at radius 1 is 0.267 bits per heavy atom. The first-order chi connectivity index (χ1) is 14.9. The molecule has 0 unspecified atom stereocenters. The number of hydrogen-bond acceptors (Lipinski definition) is 0. The summed E-state index contributed by atoms with van der Waals surface area (Å²) in [5.41, 5.74) is 1.43. The zero-order chi connectivity index (χ0) is 20.5. The van der Waals surface area contributed by atoms with Crippen LogP contribution in [0, 0.1) is 22.7 Å². The van der Waals surface area contributed by atoms with Gasteiger partial charge in [-0.15, -0.1) is 0 Å². The molecule has 4 rings (SSSR count). The largest absolute Gasteiger partial charge is 0.0533 e. The normalized spacial score (nSPS) is 30.8. The first-order valence-electron chi connectivity index (χ1n) is 14.9. The first kappa shape index (κ1) is 23.2. The van der Waals surface area contributed by atoms with Gasteiger partial charge in [0.25, 0.3) is 0 Å². The molecule has 0 nitrogen and oxygen atoms in total. The fourth-order valence-corrected chi connectivity index (χ4v) is 9.36. The SMILES string of the molecule is C1CCCCC(C2(C3(C4CCCCC4)CCCCCC3)CCCCCCC2)CCC1. The second-order valence-corrected chi connectivity index (χ2v) is 12.2. The maximum atomic E-state index is 1.62. The molecule has 174 valence electrons. The summed E-state index contributed by atoms with van der Waals surface area (Å²) in [5.74, 6) is 2.14. The Morgan fingerprint density at radius 2 is 0.500 bits per heavy atom. The van der Waals surface area contributed by atoms with E-state index in [9.17, 15) is 0 Å². The van der Waals surface area contributed by atoms with Crippen LogP contribution in [0.2, 0.25) is 0 Å². The van der Waals surface area contributed by atoms with E-state index in [1.165, 1.54) is 64.2 Å². The van der Waals surface area contributed by atoms with E-state index >= 15 is 0 Å². The quantitative estimate of drug-likeness (QED) is 0.403. The van der Waals surface area contributed by atoms with Gasteiger partial charge in [0, 0.05) is 0 Å². The van der Waals surface area contributed by atoms with Gasteiger partial charge in [0.15, 0.2) is 0 Å². The molecule has 0 aromatic rings. The summed E-state index contributed by atoms with van der Waals surface area (Å²) >= 11 is 0. The lowest BCUT2D eigenvalue weighted by Gasteiger charge is -2.61. The molecule has 30 heavy (non-hydrogen) atoms. The molecular weight excluding hydrogens is 360 g/mol. The molecule has 0 aliphatic heterocycles. The number of rotatable bonds is 3. The predicted octanol–water partition coefficient (Wildman–Crippen LogP) is 10.4. The zero-order valence-electron chi connectivity index (χ0n) is 20.5. The van der Waals surface area contributed by atoms with Crippen LogP contribution in [-0.4, -0.2) is 0 Å². The van der Waals surface area contributed by atoms with E-state index in [-0.39, 0.29) is 0 Å². The van der Waals surface area contributed by atoms with Crippen molar-refractivity contribution in [3.63, 3.8) is 0 Å². The Morgan fingerprint density at radius 3 is 0.833 bits per heavy atom. The second kappa shape index (κ2) is 11.7. The molecule has 0 spiro atoms. The van der Waals surface area contributed by atoms with Crippen LogP contribution in [-0.2, 0) is 0 Å². The fraction of sp³-hybridized carbons (Fsp3) is 1.00. The Kier molecular flexibility index (Phi) is 9.07. The lowest BCUT2D eigenvalue weighted by atomic mass is 9.44. The summed E-state index contributed by atoms with van der Waals surface area (Å²) in [6.45, 7) is 0. The minimum absolute atomic E-state index is 0.712. The van der Waals surface area contributed by atoms with Crippen LogP contribution in [0.25, 0.3) is 0 Å². The van der Waals surface area contributed by atoms with E-state index in [1.54, 1.807) is 103 Å². The van der Waals surface area contributed by atoms with Crippen molar-refractivity contribution in [2.45, 2.75) is 167 Å². The molecule has 0 saturated heterocycles. The van der Waals surface area contributed by atoms with E-state index in [2.05, 4.69) is 0 Å². The average Bonchev–Trinajstić information content (AvgIpc) is 2.93. The molecule has 0 aromatic heterocycles.